The van der Waals surface area contributed by atoms with Crippen molar-refractivity contribution in [1.29, 1.82) is 0 Å². The molecule has 0 aromatic heterocycles. The smallest absolute Gasteiger partial charge is 0.338 e. The van der Waals surface area contributed by atoms with Gasteiger partial charge in [0, 0.05) is 24.5 Å². The van der Waals surface area contributed by atoms with Crippen LogP contribution in [0.2, 0.25) is 0 Å². The zero-order valence-electron chi connectivity index (χ0n) is 17.2. The molecule has 1 fully saturated rings. The average molecular weight is 448 g/mol. The number of esters is 1. The zero-order valence-corrected chi connectivity index (χ0v) is 18.0. The number of carbonyl (C=O) groups is 2. The molecule has 0 spiro atoms. The van der Waals surface area contributed by atoms with Gasteiger partial charge in [0.05, 0.1) is 36.8 Å². The van der Waals surface area contributed by atoms with Gasteiger partial charge in [-0.1, -0.05) is 0 Å². The Morgan fingerprint density at radius 3 is 2.23 bits per heavy atom. The van der Waals surface area contributed by atoms with Gasteiger partial charge >= 0.3 is 5.97 Å². The first-order chi connectivity index (χ1) is 14.9. The van der Waals surface area contributed by atoms with Crippen LogP contribution in [-0.4, -0.2) is 64.1 Å². The van der Waals surface area contributed by atoms with E-state index >= 15 is 0 Å². The molecule has 3 rings (SSSR count). The minimum Gasteiger partial charge on any atom is -0.462 e. The molecule has 0 radical (unpaired) electrons. The molecule has 1 aliphatic rings. The number of rotatable bonds is 8. The molecule has 0 bridgehead atoms. The second kappa shape index (κ2) is 10.4. The standard InChI is InChI=1S/C21H25N3O6S/c1-2-30-21(26)16-3-5-18(6-4-16)23-20(25)15-22-17-7-9-19(10-8-17)31(27,28)24-11-13-29-14-12-24/h3-10,22H,2,11-15H2,1H3,(H,23,25). The number of amides is 1. The zero-order chi connectivity index (χ0) is 22.3. The summed E-state index contributed by atoms with van der Waals surface area (Å²) < 4.78 is 36.8. The summed E-state index contributed by atoms with van der Waals surface area (Å²) in [5.74, 6) is -0.699. The van der Waals surface area contributed by atoms with E-state index in [1.165, 1.54) is 16.4 Å². The summed E-state index contributed by atoms with van der Waals surface area (Å²) in [6.07, 6.45) is 0. The first-order valence-electron chi connectivity index (χ1n) is 9.89. The van der Waals surface area contributed by atoms with E-state index in [0.717, 1.165) is 0 Å². The lowest BCUT2D eigenvalue weighted by Crippen LogP contribution is -2.40. The molecule has 0 aliphatic carbocycles. The van der Waals surface area contributed by atoms with E-state index in [1.54, 1.807) is 43.3 Å². The van der Waals surface area contributed by atoms with Crippen LogP contribution in [0.25, 0.3) is 0 Å². The fourth-order valence-electron chi connectivity index (χ4n) is 2.97. The third-order valence-electron chi connectivity index (χ3n) is 4.60. The van der Waals surface area contributed by atoms with Gasteiger partial charge in [0.25, 0.3) is 0 Å². The SMILES string of the molecule is CCOC(=O)c1ccc(NC(=O)CNc2ccc(S(=O)(=O)N3CCOCC3)cc2)cc1. The van der Waals surface area contributed by atoms with E-state index in [4.69, 9.17) is 9.47 Å². The predicted octanol–water partition coefficient (Wildman–Crippen LogP) is 1.93. The highest BCUT2D eigenvalue weighted by Gasteiger charge is 2.26. The molecule has 2 aromatic rings. The lowest BCUT2D eigenvalue weighted by molar-refractivity contribution is -0.114. The van der Waals surface area contributed by atoms with E-state index in [1.807, 2.05) is 0 Å². The Hall–Kier alpha value is -2.95. The van der Waals surface area contributed by atoms with Crippen LogP contribution in [0, 0.1) is 0 Å². The van der Waals surface area contributed by atoms with Gasteiger partial charge in [0.1, 0.15) is 0 Å². The maximum atomic E-state index is 12.6. The van der Waals surface area contributed by atoms with Gasteiger partial charge < -0.3 is 20.1 Å². The Bertz CT molecular complexity index is 1000. The number of anilines is 2. The van der Waals surface area contributed by atoms with Crippen LogP contribution in [-0.2, 0) is 24.3 Å². The second-order valence-corrected chi connectivity index (χ2v) is 8.68. The van der Waals surface area contributed by atoms with Crippen LogP contribution < -0.4 is 10.6 Å². The molecule has 0 saturated carbocycles. The second-order valence-electron chi connectivity index (χ2n) is 6.74. The Kier molecular flexibility index (Phi) is 7.61. The highest BCUT2D eigenvalue weighted by atomic mass is 32.2. The highest BCUT2D eigenvalue weighted by Crippen LogP contribution is 2.19. The number of carbonyl (C=O) groups excluding carboxylic acids is 2. The molecule has 10 heteroatoms. The molecule has 166 valence electrons. The number of sulfonamides is 1. The van der Waals surface area contributed by atoms with Crippen molar-refractivity contribution in [3.63, 3.8) is 0 Å². The molecule has 1 amide bonds. The summed E-state index contributed by atoms with van der Waals surface area (Å²) in [6.45, 7) is 3.47. The van der Waals surface area contributed by atoms with Crippen molar-refractivity contribution in [3.05, 3.63) is 54.1 Å². The van der Waals surface area contributed by atoms with Gasteiger partial charge in [-0.3, -0.25) is 4.79 Å². The summed E-state index contributed by atoms with van der Waals surface area (Å²) in [4.78, 5) is 24.0. The monoisotopic (exact) mass is 447 g/mol. The van der Waals surface area contributed by atoms with Crippen molar-refractivity contribution < 1.29 is 27.5 Å². The molecule has 1 aliphatic heterocycles. The number of morpholine rings is 1. The lowest BCUT2D eigenvalue weighted by Gasteiger charge is -2.26. The minimum atomic E-state index is -3.55. The van der Waals surface area contributed by atoms with E-state index in [2.05, 4.69) is 10.6 Å². The van der Waals surface area contributed by atoms with E-state index < -0.39 is 16.0 Å². The quantitative estimate of drug-likeness (QED) is 0.595. The summed E-state index contributed by atoms with van der Waals surface area (Å²) in [5.41, 5.74) is 1.57. The third kappa shape index (κ3) is 6.03. The predicted molar refractivity (Wildman–Crippen MR) is 116 cm³/mol. The Morgan fingerprint density at radius 2 is 1.61 bits per heavy atom. The van der Waals surface area contributed by atoms with E-state index in [-0.39, 0.29) is 17.3 Å². The number of nitrogens with zero attached hydrogens (tertiary/aromatic N) is 1. The molecule has 0 atom stereocenters. The third-order valence-corrected chi connectivity index (χ3v) is 6.51. The first kappa shape index (κ1) is 22.7. The van der Waals surface area contributed by atoms with Crippen LogP contribution >= 0.6 is 0 Å². The highest BCUT2D eigenvalue weighted by molar-refractivity contribution is 7.89. The molecule has 1 heterocycles. The normalized spacial score (nSPS) is 14.6. The summed E-state index contributed by atoms with van der Waals surface area (Å²) >= 11 is 0. The largest absolute Gasteiger partial charge is 0.462 e. The number of nitrogens with one attached hydrogen (secondary N) is 2. The summed E-state index contributed by atoms with van der Waals surface area (Å²) in [5, 5.41) is 5.68. The van der Waals surface area contributed by atoms with Crippen LogP contribution in [0.3, 0.4) is 0 Å². The minimum absolute atomic E-state index is 0.00477. The van der Waals surface area contributed by atoms with E-state index in [0.29, 0.717) is 49.8 Å². The Labute approximate surface area is 181 Å². The molecule has 9 nitrogen and oxygen atoms in total. The molecule has 1 saturated heterocycles. The van der Waals surface area contributed by atoms with Crippen molar-refractivity contribution >= 4 is 33.3 Å². The number of hydrogen-bond donors (Lipinski definition) is 2. The first-order valence-corrected chi connectivity index (χ1v) is 11.3. The van der Waals surface area contributed by atoms with Crippen LogP contribution in [0.5, 0.6) is 0 Å². The fraction of sp³-hybridized carbons (Fsp3) is 0.333. The number of benzene rings is 2. The van der Waals surface area contributed by atoms with Crippen molar-refractivity contribution in [1.82, 2.24) is 4.31 Å². The molecular weight excluding hydrogens is 422 g/mol. The average Bonchev–Trinajstić information content (AvgIpc) is 2.79. The molecule has 31 heavy (non-hydrogen) atoms. The van der Waals surface area contributed by atoms with Crippen molar-refractivity contribution in [2.45, 2.75) is 11.8 Å². The lowest BCUT2D eigenvalue weighted by atomic mass is 10.2. The van der Waals surface area contributed by atoms with Gasteiger partial charge in [0.2, 0.25) is 15.9 Å². The van der Waals surface area contributed by atoms with Gasteiger partial charge in [-0.25, -0.2) is 13.2 Å². The number of hydrogen-bond acceptors (Lipinski definition) is 7. The van der Waals surface area contributed by atoms with Gasteiger partial charge in [-0.2, -0.15) is 4.31 Å². The van der Waals surface area contributed by atoms with Crippen LogP contribution in [0.1, 0.15) is 17.3 Å². The fourth-order valence-corrected chi connectivity index (χ4v) is 4.38. The summed E-state index contributed by atoms with van der Waals surface area (Å²) in [7, 11) is -3.55. The van der Waals surface area contributed by atoms with Crippen molar-refractivity contribution in [3.8, 4) is 0 Å². The van der Waals surface area contributed by atoms with Gasteiger partial charge in [-0.15, -0.1) is 0 Å². The van der Waals surface area contributed by atoms with Crippen LogP contribution in [0.15, 0.2) is 53.4 Å². The Morgan fingerprint density at radius 1 is 1.00 bits per heavy atom. The Balaban J connectivity index is 1.52. The molecule has 2 N–H and O–H groups in total. The van der Waals surface area contributed by atoms with Crippen molar-refractivity contribution in [2.75, 3.05) is 50.1 Å². The van der Waals surface area contributed by atoms with Gasteiger partial charge in [0.15, 0.2) is 0 Å². The van der Waals surface area contributed by atoms with E-state index in [9.17, 15) is 18.0 Å². The van der Waals surface area contributed by atoms with Gasteiger partial charge in [-0.05, 0) is 55.5 Å². The maximum absolute atomic E-state index is 12.6. The van der Waals surface area contributed by atoms with Crippen LogP contribution in [0.4, 0.5) is 11.4 Å². The molecular formula is C21H25N3O6S. The topological polar surface area (TPSA) is 114 Å². The molecule has 2 aromatic carbocycles. The number of ether oxygens (including phenoxy) is 2. The molecule has 0 unspecified atom stereocenters. The summed E-state index contributed by atoms with van der Waals surface area (Å²) in [6, 6.07) is 12.7. The maximum Gasteiger partial charge on any atom is 0.338 e. The van der Waals surface area contributed by atoms with Crippen molar-refractivity contribution in [2.24, 2.45) is 0 Å².